The van der Waals surface area contributed by atoms with Gasteiger partial charge in [-0.3, -0.25) is 9.59 Å². The molecule has 0 N–H and O–H groups in total. The third-order valence-corrected chi connectivity index (χ3v) is 5.27. The molecule has 3 rings (SSSR count). The minimum Gasteiger partial charge on any atom is -0.341 e. The summed E-state index contributed by atoms with van der Waals surface area (Å²) in [7, 11) is 0. The van der Waals surface area contributed by atoms with E-state index in [0.717, 1.165) is 31.5 Å². The number of carbonyl (C=O) groups is 2. The molecular weight excluding hydrogens is 300 g/mol. The predicted octanol–water partition coefficient (Wildman–Crippen LogP) is 2.58. The van der Waals surface area contributed by atoms with Gasteiger partial charge in [0.15, 0.2) is 0 Å². The zero-order chi connectivity index (χ0) is 16.9. The van der Waals surface area contributed by atoms with Gasteiger partial charge < -0.3 is 9.80 Å². The Hall–Kier alpha value is -1.84. The fraction of sp³-hybridized carbons (Fsp3) is 0.600. The van der Waals surface area contributed by atoms with Crippen molar-refractivity contribution >= 4 is 11.8 Å². The topological polar surface area (TPSA) is 40.6 Å². The van der Waals surface area contributed by atoms with Crippen molar-refractivity contribution < 1.29 is 9.59 Å². The first-order chi connectivity index (χ1) is 11.7. The van der Waals surface area contributed by atoms with Crippen molar-refractivity contribution in [1.82, 2.24) is 9.80 Å². The summed E-state index contributed by atoms with van der Waals surface area (Å²) < 4.78 is 0. The number of nitrogens with zero attached hydrogens (tertiary/aromatic N) is 2. The molecule has 4 heteroatoms. The lowest BCUT2D eigenvalue weighted by Crippen LogP contribution is -2.37. The fourth-order valence-corrected chi connectivity index (χ4v) is 3.82. The number of amides is 2. The average Bonchev–Trinajstić information content (AvgIpc) is 2.87. The molecule has 2 amide bonds. The van der Waals surface area contributed by atoms with Crippen LogP contribution in [0.4, 0.5) is 0 Å². The first-order valence-corrected chi connectivity index (χ1v) is 9.33. The van der Waals surface area contributed by atoms with Crippen LogP contribution in [0, 0.1) is 0 Å². The van der Waals surface area contributed by atoms with Crippen LogP contribution in [0.15, 0.2) is 18.2 Å². The molecule has 1 aromatic carbocycles. The van der Waals surface area contributed by atoms with Crippen molar-refractivity contribution in [3.8, 4) is 0 Å². The van der Waals surface area contributed by atoms with E-state index in [1.807, 2.05) is 16.7 Å². The molecule has 4 nitrogen and oxygen atoms in total. The molecule has 2 aliphatic rings. The van der Waals surface area contributed by atoms with E-state index in [0.29, 0.717) is 25.9 Å². The van der Waals surface area contributed by atoms with Crippen LogP contribution in [0.3, 0.4) is 0 Å². The fourth-order valence-electron chi connectivity index (χ4n) is 3.82. The van der Waals surface area contributed by atoms with Crippen LogP contribution in [0.2, 0.25) is 0 Å². The summed E-state index contributed by atoms with van der Waals surface area (Å²) in [5.41, 5.74) is 4.02. The van der Waals surface area contributed by atoms with Crippen molar-refractivity contribution in [3.05, 3.63) is 34.9 Å². The molecule has 0 bridgehead atoms. The molecule has 1 aliphatic carbocycles. The van der Waals surface area contributed by atoms with Gasteiger partial charge in [-0.25, -0.2) is 0 Å². The summed E-state index contributed by atoms with van der Waals surface area (Å²) in [4.78, 5) is 28.3. The number of hydrogen-bond donors (Lipinski definition) is 0. The van der Waals surface area contributed by atoms with E-state index in [9.17, 15) is 9.59 Å². The Labute approximate surface area is 144 Å². The molecule has 1 aliphatic heterocycles. The maximum Gasteiger partial charge on any atom is 0.227 e. The lowest BCUT2D eigenvalue weighted by Gasteiger charge is -2.22. The minimum atomic E-state index is 0.191. The lowest BCUT2D eigenvalue weighted by molar-refractivity contribution is -0.133. The molecule has 1 aromatic rings. The van der Waals surface area contributed by atoms with Crippen LogP contribution in [0.5, 0.6) is 0 Å². The highest BCUT2D eigenvalue weighted by Crippen LogP contribution is 2.22. The van der Waals surface area contributed by atoms with Crippen LogP contribution >= 0.6 is 0 Å². The monoisotopic (exact) mass is 328 g/mol. The van der Waals surface area contributed by atoms with Gasteiger partial charge in [0.05, 0.1) is 6.42 Å². The summed E-state index contributed by atoms with van der Waals surface area (Å²) in [5, 5.41) is 0. The van der Waals surface area contributed by atoms with E-state index in [4.69, 9.17) is 0 Å². The second-order valence-corrected chi connectivity index (χ2v) is 6.96. The molecule has 130 valence electrons. The lowest BCUT2D eigenvalue weighted by atomic mass is 9.90. The van der Waals surface area contributed by atoms with Gasteiger partial charge in [-0.15, -0.1) is 0 Å². The van der Waals surface area contributed by atoms with E-state index in [1.165, 1.54) is 30.4 Å². The number of rotatable bonds is 3. The Morgan fingerprint density at radius 3 is 2.25 bits per heavy atom. The molecule has 24 heavy (non-hydrogen) atoms. The maximum absolute atomic E-state index is 12.7. The van der Waals surface area contributed by atoms with Crippen LogP contribution in [-0.2, 0) is 28.9 Å². The van der Waals surface area contributed by atoms with E-state index in [-0.39, 0.29) is 11.8 Å². The zero-order valence-corrected chi connectivity index (χ0v) is 14.7. The van der Waals surface area contributed by atoms with E-state index in [2.05, 4.69) is 18.2 Å². The van der Waals surface area contributed by atoms with Crippen LogP contribution in [-0.4, -0.2) is 47.8 Å². The summed E-state index contributed by atoms with van der Waals surface area (Å²) in [6.07, 6.45) is 6.77. The smallest absolute Gasteiger partial charge is 0.227 e. The van der Waals surface area contributed by atoms with Gasteiger partial charge in [-0.05, 0) is 48.8 Å². The summed E-state index contributed by atoms with van der Waals surface area (Å²) in [5.74, 6) is 0.385. The van der Waals surface area contributed by atoms with Gasteiger partial charge in [0, 0.05) is 32.6 Å². The molecule has 1 heterocycles. The average molecular weight is 328 g/mol. The van der Waals surface area contributed by atoms with Gasteiger partial charge in [-0.1, -0.05) is 25.1 Å². The molecule has 0 saturated carbocycles. The number of hydrogen-bond acceptors (Lipinski definition) is 2. The summed E-state index contributed by atoms with van der Waals surface area (Å²) in [6.45, 7) is 4.76. The second-order valence-electron chi connectivity index (χ2n) is 6.96. The number of benzene rings is 1. The van der Waals surface area contributed by atoms with Crippen molar-refractivity contribution in [2.75, 3.05) is 26.2 Å². The molecule has 1 fully saturated rings. The highest BCUT2D eigenvalue weighted by Gasteiger charge is 2.21. The highest BCUT2D eigenvalue weighted by atomic mass is 16.2. The first kappa shape index (κ1) is 17.0. The third-order valence-electron chi connectivity index (χ3n) is 5.27. The Balaban J connectivity index is 1.59. The molecule has 0 aromatic heterocycles. The zero-order valence-electron chi connectivity index (χ0n) is 14.7. The second kappa shape index (κ2) is 7.82. The van der Waals surface area contributed by atoms with Crippen LogP contribution < -0.4 is 0 Å². The number of carbonyl (C=O) groups excluding carboxylic acids is 2. The minimum absolute atomic E-state index is 0.191. The quantitative estimate of drug-likeness (QED) is 0.856. The Morgan fingerprint density at radius 2 is 1.54 bits per heavy atom. The molecule has 0 unspecified atom stereocenters. The van der Waals surface area contributed by atoms with Crippen molar-refractivity contribution in [2.45, 2.75) is 51.9 Å². The van der Waals surface area contributed by atoms with Gasteiger partial charge in [0.1, 0.15) is 0 Å². The van der Waals surface area contributed by atoms with Crippen molar-refractivity contribution in [2.24, 2.45) is 0 Å². The van der Waals surface area contributed by atoms with E-state index in [1.54, 1.807) is 0 Å². The normalized spacial score (nSPS) is 18.0. The molecule has 0 atom stereocenters. The van der Waals surface area contributed by atoms with Gasteiger partial charge in [-0.2, -0.15) is 0 Å². The summed E-state index contributed by atoms with van der Waals surface area (Å²) in [6, 6.07) is 6.56. The van der Waals surface area contributed by atoms with E-state index >= 15 is 0 Å². The predicted molar refractivity (Wildman–Crippen MR) is 94.9 cm³/mol. The summed E-state index contributed by atoms with van der Waals surface area (Å²) >= 11 is 0. The first-order valence-electron chi connectivity index (χ1n) is 9.33. The Bertz CT molecular complexity index is 612. The van der Waals surface area contributed by atoms with Gasteiger partial charge >= 0.3 is 0 Å². The van der Waals surface area contributed by atoms with Gasteiger partial charge in [0.25, 0.3) is 0 Å². The molecule has 1 saturated heterocycles. The standard InChI is InChI=1S/C20H28N2O2/c1-2-19(23)21-10-5-11-22(13-12-21)20(24)15-16-8-9-17-6-3-4-7-18(17)14-16/h8-9,14H,2-7,10-13,15H2,1H3. The molecule has 0 spiro atoms. The van der Waals surface area contributed by atoms with E-state index < -0.39 is 0 Å². The van der Waals surface area contributed by atoms with Crippen LogP contribution in [0.25, 0.3) is 0 Å². The third kappa shape index (κ3) is 3.97. The molecule has 0 radical (unpaired) electrons. The highest BCUT2D eigenvalue weighted by molar-refractivity contribution is 5.79. The Morgan fingerprint density at radius 1 is 0.875 bits per heavy atom. The maximum atomic E-state index is 12.7. The number of fused-ring (bicyclic) bond motifs is 1. The Kier molecular flexibility index (Phi) is 5.54. The number of aryl methyl sites for hydroxylation is 2. The van der Waals surface area contributed by atoms with Crippen LogP contribution in [0.1, 0.15) is 49.3 Å². The molecular formula is C20H28N2O2. The van der Waals surface area contributed by atoms with Gasteiger partial charge in [0.2, 0.25) is 11.8 Å². The van der Waals surface area contributed by atoms with Crippen molar-refractivity contribution in [3.63, 3.8) is 0 Å². The largest absolute Gasteiger partial charge is 0.341 e. The SMILES string of the molecule is CCC(=O)N1CCCN(C(=O)Cc2ccc3c(c2)CCCC3)CC1. The van der Waals surface area contributed by atoms with Crippen molar-refractivity contribution in [1.29, 1.82) is 0 Å².